The van der Waals surface area contributed by atoms with Gasteiger partial charge in [0.15, 0.2) is 0 Å². The summed E-state index contributed by atoms with van der Waals surface area (Å²) >= 11 is 0. The molecule has 0 atom stereocenters. The highest BCUT2D eigenvalue weighted by Crippen LogP contribution is 2.28. The molecule has 6 nitrogen and oxygen atoms in total. The van der Waals surface area contributed by atoms with Crippen molar-refractivity contribution in [2.75, 3.05) is 7.11 Å². The lowest BCUT2D eigenvalue weighted by atomic mass is 10.3. The fourth-order valence-electron chi connectivity index (χ4n) is 1.19. The van der Waals surface area contributed by atoms with Crippen LogP contribution in [-0.4, -0.2) is 28.2 Å². The van der Waals surface area contributed by atoms with Crippen LogP contribution in [0.1, 0.15) is 10.7 Å². The first-order valence-electron chi connectivity index (χ1n) is 4.42. The third kappa shape index (κ3) is 1.72. The van der Waals surface area contributed by atoms with Gasteiger partial charge in [-0.15, -0.1) is 0 Å². The fraction of sp³-hybridized carbons (Fsp3) is 0.100. The van der Waals surface area contributed by atoms with Crippen molar-refractivity contribution in [2.24, 2.45) is 0 Å². The lowest BCUT2D eigenvalue weighted by Gasteiger charge is -1.96. The largest absolute Gasteiger partial charge is 0.478 e. The molecule has 2 heterocycles. The third-order valence-electron chi connectivity index (χ3n) is 1.87. The number of hydrogen-bond donors (Lipinski definition) is 1. The molecule has 0 spiro atoms. The van der Waals surface area contributed by atoms with Crippen molar-refractivity contribution in [1.82, 2.24) is 9.97 Å². The minimum atomic E-state index is -1.25. The summed E-state index contributed by atoms with van der Waals surface area (Å²) in [4.78, 5) is 18.4. The summed E-state index contributed by atoms with van der Waals surface area (Å²) < 4.78 is 9.98. The topological polar surface area (TPSA) is 85.5 Å². The summed E-state index contributed by atoms with van der Waals surface area (Å²) in [7, 11) is 1.38. The van der Waals surface area contributed by atoms with E-state index in [2.05, 4.69) is 9.97 Å². The van der Waals surface area contributed by atoms with Gasteiger partial charge >= 0.3 is 11.9 Å². The number of carboxylic acids is 1. The SMILES string of the molecule is COc1nc(C(=O)O)oc1-c1ccccn1. The molecule has 0 aliphatic carbocycles. The zero-order valence-corrected chi connectivity index (χ0v) is 8.38. The van der Waals surface area contributed by atoms with Gasteiger partial charge in [0.25, 0.3) is 5.88 Å². The molecule has 0 fully saturated rings. The summed E-state index contributed by atoms with van der Waals surface area (Å²) in [5, 5.41) is 8.73. The maximum absolute atomic E-state index is 10.7. The molecule has 0 aromatic carbocycles. The molecule has 0 aliphatic heterocycles. The smallest absolute Gasteiger partial charge is 0.392 e. The van der Waals surface area contributed by atoms with Crippen LogP contribution in [-0.2, 0) is 0 Å². The van der Waals surface area contributed by atoms with Crippen LogP contribution in [0, 0.1) is 0 Å². The van der Waals surface area contributed by atoms with Gasteiger partial charge in [-0.05, 0) is 12.1 Å². The first-order chi connectivity index (χ1) is 7.72. The second-order valence-electron chi connectivity index (χ2n) is 2.88. The van der Waals surface area contributed by atoms with E-state index in [1.165, 1.54) is 7.11 Å². The van der Waals surface area contributed by atoms with Gasteiger partial charge in [0, 0.05) is 6.20 Å². The Balaban J connectivity index is 2.52. The summed E-state index contributed by atoms with van der Waals surface area (Å²) in [6.45, 7) is 0. The van der Waals surface area contributed by atoms with Gasteiger partial charge in [-0.3, -0.25) is 4.98 Å². The van der Waals surface area contributed by atoms with Crippen LogP contribution in [0.3, 0.4) is 0 Å². The van der Waals surface area contributed by atoms with Gasteiger partial charge < -0.3 is 14.3 Å². The number of pyridine rings is 1. The maximum atomic E-state index is 10.7. The van der Waals surface area contributed by atoms with Crippen LogP contribution in [0.5, 0.6) is 5.88 Å². The van der Waals surface area contributed by atoms with Crippen molar-refractivity contribution in [3.8, 4) is 17.3 Å². The molecule has 1 N–H and O–H groups in total. The molecule has 0 aliphatic rings. The number of nitrogens with zero attached hydrogens (tertiary/aromatic N) is 2. The van der Waals surface area contributed by atoms with Crippen molar-refractivity contribution < 1.29 is 19.1 Å². The second kappa shape index (κ2) is 4.01. The van der Waals surface area contributed by atoms with E-state index in [9.17, 15) is 4.79 Å². The molecule has 2 aromatic heterocycles. The van der Waals surface area contributed by atoms with E-state index >= 15 is 0 Å². The van der Waals surface area contributed by atoms with E-state index in [0.717, 1.165) is 0 Å². The third-order valence-corrected chi connectivity index (χ3v) is 1.87. The van der Waals surface area contributed by atoms with Crippen LogP contribution < -0.4 is 4.74 Å². The lowest BCUT2D eigenvalue weighted by molar-refractivity contribution is 0.0654. The quantitative estimate of drug-likeness (QED) is 0.842. The average molecular weight is 220 g/mol. The molecular formula is C10H8N2O4. The predicted molar refractivity (Wildman–Crippen MR) is 53.2 cm³/mol. The Kier molecular flexibility index (Phi) is 2.55. The highest BCUT2D eigenvalue weighted by molar-refractivity contribution is 5.83. The van der Waals surface area contributed by atoms with Crippen molar-refractivity contribution in [3.05, 3.63) is 30.3 Å². The number of ether oxygens (including phenoxy) is 1. The molecule has 82 valence electrons. The highest BCUT2D eigenvalue weighted by Gasteiger charge is 2.20. The Morgan fingerprint density at radius 2 is 2.31 bits per heavy atom. The second-order valence-corrected chi connectivity index (χ2v) is 2.88. The zero-order chi connectivity index (χ0) is 11.5. The minimum absolute atomic E-state index is 0.107. The Bertz CT molecular complexity index is 507. The molecular weight excluding hydrogens is 212 g/mol. The van der Waals surface area contributed by atoms with E-state index in [4.69, 9.17) is 14.3 Å². The molecule has 6 heteroatoms. The molecule has 0 amide bonds. The monoisotopic (exact) mass is 220 g/mol. The number of hydrogen-bond acceptors (Lipinski definition) is 5. The standard InChI is InChI=1S/C10H8N2O4/c1-15-8-7(6-4-2-3-5-11-6)16-9(12-8)10(13)14/h2-5H,1H3,(H,13,14). The van der Waals surface area contributed by atoms with Gasteiger partial charge in [-0.25, -0.2) is 4.79 Å². The van der Waals surface area contributed by atoms with Gasteiger partial charge in [0.2, 0.25) is 5.76 Å². The van der Waals surface area contributed by atoms with Gasteiger partial charge in [0.05, 0.1) is 7.11 Å². The number of oxazole rings is 1. The zero-order valence-electron chi connectivity index (χ0n) is 8.38. The summed E-state index contributed by atoms with van der Waals surface area (Å²) in [5.74, 6) is -1.35. The maximum Gasteiger partial charge on any atom is 0.392 e. The van der Waals surface area contributed by atoms with Crippen LogP contribution in [0.15, 0.2) is 28.8 Å². The summed E-state index contributed by atoms with van der Waals surface area (Å²) in [6, 6.07) is 5.17. The Labute approximate surface area is 90.5 Å². The van der Waals surface area contributed by atoms with Gasteiger partial charge in [-0.1, -0.05) is 6.07 Å². The van der Waals surface area contributed by atoms with Crippen LogP contribution >= 0.6 is 0 Å². The van der Waals surface area contributed by atoms with E-state index in [0.29, 0.717) is 5.69 Å². The Morgan fingerprint density at radius 3 is 2.88 bits per heavy atom. The number of carbonyl (C=O) groups is 1. The number of methoxy groups -OCH3 is 1. The average Bonchev–Trinajstić information content (AvgIpc) is 2.74. The van der Waals surface area contributed by atoms with E-state index in [1.54, 1.807) is 24.4 Å². The molecule has 0 saturated heterocycles. The minimum Gasteiger partial charge on any atom is -0.478 e. The number of aromatic carboxylic acids is 1. The van der Waals surface area contributed by atoms with Crippen LogP contribution in [0.4, 0.5) is 0 Å². The molecule has 0 bridgehead atoms. The normalized spacial score (nSPS) is 10.1. The number of aromatic nitrogens is 2. The highest BCUT2D eigenvalue weighted by atomic mass is 16.5. The Morgan fingerprint density at radius 1 is 1.50 bits per heavy atom. The molecule has 0 radical (unpaired) electrons. The number of rotatable bonds is 3. The molecule has 2 aromatic rings. The predicted octanol–water partition coefficient (Wildman–Crippen LogP) is 1.44. The van der Waals surface area contributed by atoms with Crippen molar-refractivity contribution >= 4 is 5.97 Å². The van der Waals surface area contributed by atoms with Crippen molar-refractivity contribution in [3.63, 3.8) is 0 Å². The van der Waals surface area contributed by atoms with E-state index in [-0.39, 0.29) is 11.6 Å². The van der Waals surface area contributed by atoms with Crippen molar-refractivity contribution in [2.45, 2.75) is 0 Å². The van der Waals surface area contributed by atoms with Crippen molar-refractivity contribution in [1.29, 1.82) is 0 Å². The molecule has 0 unspecified atom stereocenters. The van der Waals surface area contributed by atoms with E-state index < -0.39 is 11.9 Å². The van der Waals surface area contributed by atoms with E-state index in [1.807, 2.05) is 0 Å². The first-order valence-corrected chi connectivity index (χ1v) is 4.42. The molecule has 2 rings (SSSR count). The first kappa shape index (κ1) is 10.2. The van der Waals surface area contributed by atoms with Crippen LogP contribution in [0.2, 0.25) is 0 Å². The van der Waals surface area contributed by atoms with Crippen LogP contribution in [0.25, 0.3) is 11.5 Å². The summed E-state index contributed by atoms with van der Waals surface area (Å²) in [6.07, 6.45) is 1.57. The molecule has 0 saturated carbocycles. The Hall–Kier alpha value is -2.37. The fourth-order valence-corrected chi connectivity index (χ4v) is 1.19. The number of carboxylic acid groups (broad SMARTS) is 1. The lowest BCUT2D eigenvalue weighted by Crippen LogP contribution is -1.95. The molecule has 16 heavy (non-hydrogen) atoms. The summed E-state index contributed by atoms with van der Waals surface area (Å²) in [5.41, 5.74) is 0.472. The van der Waals surface area contributed by atoms with Gasteiger partial charge in [-0.2, -0.15) is 4.98 Å². The van der Waals surface area contributed by atoms with Gasteiger partial charge in [0.1, 0.15) is 5.69 Å².